The third kappa shape index (κ3) is 5.05. The van der Waals surface area contributed by atoms with Crippen molar-refractivity contribution in [1.29, 1.82) is 0 Å². The second kappa shape index (κ2) is 8.01. The molecule has 0 unspecified atom stereocenters. The standard InChI is InChI=1S/C15H17F4N5.ClH/c16-12-2-1-11(9-13(12)17)24-10-14(21-22-24)20-5-8-23-6-3-15(18,19)4-7-23;/h1-2,9-10,20H,3-8H2;1H. The highest BCUT2D eigenvalue weighted by molar-refractivity contribution is 5.85. The van der Waals surface area contributed by atoms with Gasteiger partial charge in [0, 0.05) is 45.1 Å². The summed E-state index contributed by atoms with van der Waals surface area (Å²) >= 11 is 0. The lowest BCUT2D eigenvalue weighted by Gasteiger charge is -2.31. The van der Waals surface area contributed by atoms with Crippen LogP contribution in [0.5, 0.6) is 0 Å². The Morgan fingerprint density at radius 1 is 1.12 bits per heavy atom. The summed E-state index contributed by atoms with van der Waals surface area (Å²) in [5.74, 6) is -3.96. The normalized spacial score (nSPS) is 17.1. The number of aromatic nitrogens is 3. The van der Waals surface area contributed by atoms with Crippen molar-refractivity contribution in [3.8, 4) is 5.69 Å². The first-order chi connectivity index (χ1) is 11.4. The van der Waals surface area contributed by atoms with Gasteiger partial charge in [0.05, 0.1) is 11.9 Å². The van der Waals surface area contributed by atoms with Gasteiger partial charge in [0.2, 0.25) is 0 Å². The molecular formula is C15H18ClF4N5. The van der Waals surface area contributed by atoms with Gasteiger partial charge in [0.25, 0.3) is 5.92 Å². The first-order valence-electron chi connectivity index (χ1n) is 7.65. The summed E-state index contributed by atoms with van der Waals surface area (Å²) in [6, 6.07) is 3.44. The van der Waals surface area contributed by atoms with Gasteiger partial charge in [-0.25, -0.2) is 22.2 Å². The van der Waals surface area contributed by atoms with Crippen molar-refractivity contribution in [1.82, 2.24) is 19.9 Å². The smallest absolute Gasteiger partial charge is 0.250 e. The molecule has 1 aromatic heterocycles. The first kappa shape index (κ1) is 19.5. The molecule has 1 aliphatic heterocycles. The lowest BCUT2D eigenvalue weighted by atomic mass is 10.1. The monoisotopic (exact) mass is 379 g/mol. The number of hydrogen-bond donors (Lipinski definition) is 1. The highest BCUT2D eigenvalue weighted by Gasteiger charge is 2.33. The number of piperidine rings is 1. The van der Waals surface area contributed by atoms with Gasteiger partial charge in [0.1, 0.15) is 0 Å². The van der Waals surface area contributed by atoms with E-state index in [1.54, 1.807) is 6.20 Å². The number of halogens is 5. The molecule has 0 atom stereocenters. The van der Waals surface area contributed by atoms with Crippen LogP contribution in [-0.4, -0.2) is 52.0 Å². The summed E-state index contributed by atoms with van der Waals surface area (Å²) in [7, 11) is 0. The van der Waals surface area contributed by atoms with Crippen LogP contribution in [0.3, 0.4) is 0 Å². The molecule has 0 saturated carbocycles. The number of anilines is 1. The van der Waals surface area contributed by atoms with Crippen molar-refractivity contribution in [3.05, 3.63) is 36.0 Å². The lowest BCUT2D eigenvalue weighted by Crippen LogP contribution is -2.41. The summed E-state index contributed by atoms with van der Waals surface area (Å²) in [6.07, 6.45) is 1.33. The minimum absolute atomic E-state index is 0. The van der Waals surface area contributed by atoms with E-state index in [1.807, 2.05) is 4.90 Å². The highest BCUT2D eigenvalue weighted by atomic mass is 35.5. The molecule has 5 nitrogen and oxygen atoms in total. The van der Waals surface area contributed by atoms with E-state index < -0.39 is 17.6 Å². The van der Waals surface area contributed by atoms with E-state index >= 15 is 0 Å². The molecular weight excluding hydrogens is 362 g/mol. The molecule has 0 radical (unpaired) electrons. The Bertz CT molecular complexity index is 699. The summed E-state index contributed by atoms with van der Waals surface area (Å²) in [5.41, 5.74) is 0.354. The Hall–Kier alpha value is -1.87. The topological polar surface area (TPSA) is 46.0 Å². The van der Waals surface area contributed by atoms with Gasteiger partial charge in [-0.3, -0.25) is 0 Å². The fourth-order valence-corrected chi connectivity index (χ4v) is 2.54. The molecule has 1 saturated heterocycles. The molecule has 10 heteroatoms. The van der Waals surface area contributed by atoms with Crippen LogP contribution >= 0.6 is 12.4 Å². The fraction of sp³-hybridized carbons (Fsp3) is 0.467. The number of alkyl halides is 2. The Morgan fingerprint density at radius 2 is 1.84 bits per heavy atom. The Morgan fingerprint density at radius 3 is 2.52 bits per heavy atom. The predicted octanol–water partition coefficient (Wildman–Crippen LogP) is 3.11. The number of hydrogen-bond acceptors (Lipinski definition) is 4. The van der Waals surface area contributed by atoms with E-state index in [2.05, 4.69) is 15.6 Å². The van der Waals surface area contributed by atoms with Crippen LogP contribution in [0.15, 0.2) is 24.4 Å². The molecule has 138 valence electrons. The average molecular weight is 380 g/mol. The van der Waals surface area contributed by atoms with Gasteiger partial charge in [-0.1, -0.05) is 5.21 Å². The Kier molecular flexibility index (Phi) is 6.23. The molecule has 1 aromatic carbocycles. The van der Waals surface area contributed by atoms with Crippen LogP contribution in [0.2, 0.25) is 0 Å². The summed E-state index contributed by atoms with van der Waals surface area (Å²) in [6.45, 7) is 1.89. The predicted molar refractivity (Wildman–Crippen MR) is 87.6 cm³/mol. The Balaban J connectivity index is 0.00000225. The maximum absolute atomic E-state index is 13.2. The largest absolute Gasteiger partial charge is 0.366 e. The molecule has 0 aliphatic carbocycles. The van der Waals surface area contributed by atoms with Crippen LogP contribution in [0.1, 0.15) is 12.8 Å². The quantitative estimate of drug-likeness (QED) is 0.811. The minimum Gasteiger partial charge on any atom is -0.366 e. The van der Waals surface area contributed by atoms with Crippen LogP contribution < -0.4 is 5.32 Å². The number of benzene rings is 1. The van der Waals surface area contributed by atoms with E-state index in [1.165, 1.54) is 10.7 Å². The third-order valence-corrected chi connectivity index (χ3v) is 3.98. The van der Waals surface area contributed by atoms with Crippen LogP contribution in [0.25, 0.3) is 5.69 Å². The van der Waals surface area contributed by atoms with E-state index in [0.717, 1.165) is 12.1 Å². The van der Waals surface area contributed by atoms with Crippen molar-refractivity contribution in [2.75, 3.05) is 31.5 Å². The first-order valence-corrected chi connectivity index (χ1v) is 7.65. The minimum atomic E-state index is -2.54. The number of rotatable bonds is 5. The fourth-order valence-electron chi connectivity index (χ4n) is 2.54. The molecule has 1 N–H and O–H groups in total. The molecule has 2 aromatic rings. The van der Waals surface area contributed by atoms with Gasteiger partial charge in [-0.2, -0.15) is 0 Å². The van der Waals surface area contributed by atoms with Gasteiger partial charge < -0.3 is 10.2 Å². The van der Waals surface area contributed by atoms with Crippen molar-refractivity contribution >= 4 is 18.2 Å². The van der Waals surface area contributed by atoms with E-state index in [0.29, 0.717) is 37.7 Å². The van der Waals surface area contributed by atoms with Gasteiger partial charge in [-0.15, -0.1) is 17.5 Å². The maximum Gasteiger partial charge on any atom is 0.250 e. The summed E-state index contributed by atoms with van der Waals surface area (Å²) in [4.78, 5) is 1.96. The average Bonchev–Trinajstić information content (AvgIpc) is 3.00. The number of nitrogens with zero attached hydrogens (tertiary/aromatic N) is 4. The van der Waals surface area contributed by atoms with Crippen molar-refractivity contribution in [2.45, 2.75) is 18.8 Å². The molecule has 25 heavy (non-hydrogen) atoms. The lowest BCUT2D eigenvalue weighted by molar-refractivity contribution is -0.0543. The van der Waals surface area contributed by atoms with Gasteiger partial charge in [0.15, 0.2) is 17.5 Å². The zero-order valence-corrected chi connectivity index (χ0v) is 14.1. The van der Waals surface area contributed by atoms with Crippen LogP contribution in [0.4, 0.5) is 23.4 Å². The van der Waals surface area contributed by atoms with E-state index in [4.69, 9.17) is 0 Å². The van der Waals surface area contributed by atoms with Gasteiger partial charge >= 0.3 is 0 Å². The van der Waals surface area contributed by atoms with E-state index in [-0.39, 0.29) is 25.2 Å². The van der Waals surface area contributed by atoms with Gasteiger partial charge in [-0.05, 0) is 12.1 Å². The van der Waals surface area contributed by atoms with Crippen LogP contribution in [-0.2, 0) is 0 Å². The van der Waals surface area contributed by atoms with Crippen LogP contribution in [0, 0.1) is 11.6 Å². The third-order valence-electron chi connectivity index (χ3n) is 3.98. The van der Waals surface area contributed by atoms with Crippen molar-refractivity contribution in [2.24, 2.45) is 0 Å². The molecule has 0 bridgehead atoms. The van der Waals surface area contributed by atoms with Crippen molar-refractivity contribution < 1.29 is 17.6 Å². The van der Waals surface area contributed by atoms with Crippen molar-refractivity contribution in [3.63, 3.8) is 0 Å². The molecule has 2 heterocycles. The number of nitrogens with one attached hydrogen (secondary N) is 1. The number of likely N-dealkylation sites (tertiary alicyclic amines) is 1. The molecule has 3 rings (SSSR count). The SMILES string of the molecule is Cl.Fc1ccc(-n2cc(NCCN3CCC(F)(F)CC3)nn2)cc1F. The van der Waals surface area contributed by atoms with E-state index in [9.17, 15) is 17.6 Å². The maximum atomic E-state index is 13.2. The second-order valence-corrected chi connectivity index (χ2v) is 5.77. The molecule has 1 fully saturated rings. The highest BCUT2D eigenvalue weighted by Crippen LogP contribution is 2.27. The second-order valence-electron chi connectivity index (χ2n) is 5.77. The summed E-state index contributed by atoms with van der Waals surface area (Å²) in [5, 5.41) is 10.8. The summed E-state index contributed by atoms with van der Waals surface area (Å²) < 4.78 is 53.6. The molecule has 0 spiro atoms. The molecule has 0 amide bonds. The zero-order chi connectivity index (χ0) is 17.2. The Labute approximate surface area is 148 Å². The zero-order valence-electron chi connectivity index (χ0n) is 13.3. The molecule has 1 aliphatic rings.